The van der Waals surface area contributed by atoms with E-state index < -0.39 is 18.3 Å². The van der Waals surface area contributed by atoms with Gasteiger partial charge in [-0.1, -0.05) is 6.07 Å². The van der Waals surface area contributed by atoms with Gasteiger partial charge in [0.15, 0.2) is 17.6 Å². The minimum Gasteiger partial charge on any atom is -0.497 e. The summed E-state index contributed by atoms with van der Waals surface area (Å²) in [6.07, 6.45) is -2.90. The van der Waals surface area contributed by atoms with Gasteiger partial charge >= 0.3 is 0 Å². The lowest BCUT2D eigenvalue weighted by atomic mass is 9.92. The third-order valence-corrected chi connectivity index (χ3v) is 4.16. The summed E-state index contributed by atoms with van der Waals surface area (Å²) in [4.78, 5) is 0. The number of aliphatic hydroxyl groups excluding tert-OH is 2. The second kappa shape index (κ2) is 6.59. The van der Waals surface area contributed by atoms with Crippen LogP contribution in [0.15, 0.2) is 36.4 Å². The third-order valence-electron chi connectivity index (χ3n) is 4.16. The molecule has 0 bridgehead atoms. The lowest BCUT2D eigenvalue weighted by Gasteiger charge is -2.34. The Morgan fingerprint density at radius 3 is 2.29 bits per heavy atom. The Balaban J connectivity index is 1.99. The van der Waals surface area contributed by atoms with E-state index in [1.54, 1.807) is 50.6 Å². The van der Waals surface area contributed by atoms with Gasteiger partial charge in [-0.15, -0.1) is 0 Å². The fourth-order valence-electron chi connectivity index (χ4n) is 2.84. The van der Waals surface area contributed by atoms with Crippen LogP contribution in [0.25, 0.3) is 0 Å². The highest BCUT2D eigenvalue weighted by atomic mass is 16.5. The van der Waals surface area contributed by atoms with E-state index in [-0.39, 0.29) is 0 Å². The van der Waals surface area contributed by atoms with Gasteiger partial charge in [-0.25, -0.2) is 0 Å². The summed E-state index contributed by atoms with van der Waals surface area (Å²) in [6.45, 7) is 0. The summed E-state index contributed by atoms with van der Waals surface area (Å²) in [6, 6.07) is 10.3. The molecule has 0 spiro atoms. The maximum atomic E-state index is 10.5. The van der Waals surface area contributed by atoms with Crippen LogP contribution in [0.4, 0.5) is 0 Å². The number of rotatable bonds is 4. The summed E-state index contributed by atoms with van der Waals surface area (Å²) in [5.41, 5.74) is 1.20. The van der Waals surface area contributed by atoms with Crippen molar-refractivity contribution in [2.24, 2.45) is 0 Å². The van der Waals surface area contributed by atoms with Gasteiger partial charge in [0.2, 0.25) is 0 Å². The quantitative estimate of drug-likeness (QED) is 0.894. The van der Waals surface area contributed by atoms with Crippen LogP contribution in [0.1, 0.15) is 23.3 Å². The molecule has 1 aliphatic heterocycles. The topological polar surface area (TPSA) is 77.4 Å². The van der Waals surface area contributed by atoms with E-state index in [4.69, 9.17) is 18.9 Å². The Morgan fingerprint density at radius 2 is 1.62 bits per heavy atom. The standard InChI is InChI=1S/C18H20O6/c1-21-11-5-6-12-14(9-11)24-18(17(20)16(12)19)10-4-7-13(22-2)15(8-10)23-3/h4-9,16-20H,1-3H3/t16-,17+,18-/m1/s1. The summed E-state index contributed by atoms with van der Waals surface area (Å²) in [5, 5.41) is 20.9. The molecule has 2 aromatic carbocycles. The molecule has 1 aliphatic rings. The molecular weight excluding hydrogens is 312 g/mol. The van der Waals surface area contributed by atoms with E-state index in [0.717, 1.165) is 0 Å². The summed E-state index contributed by atoms with van der Waals surface area (Å²) < 4.78 is 21.6. The van der Waals surface area contributed by atoms with Crippen molar-refractivity contribution in [1.29, 1.82) is 0 Å². The predicted octanol–water partition coefficient (Wildman–Crippen LogP) is 2.24. The minimum absolute atomic E-state index is 0.479. The number of aliphatic hydroxyl groups is 2. The van der Waals surface area contributed by atoms with Gasteiger partial charge in [0.25, 0.3) is 0 Å². The molecule has 24 heavy (non-hydrogen) atoms. The van der Waals surface area contributed by atoms with Crippen LogP contribution in [-0.2, 0) is 0 Å². The van der Waals surface area contributed by atoms with Crippen molar-refractivity contribution >= 4 is 0 Å². The van der Waals surface area contributed by atoms with Crippen LogP contribution in [0, 0.1) is 0 Å². The molecule has 0 radical (unpaired) electrons. The van der Waals surface area contributed by atoms with Crippen molar-refractivity contribution in [3.8, 4) is 23.0 Å². The van der Waals surface area contributed by atoms with Crippen LogP contribution >= 0.6 is 0 Å². The lowest BCUT2D eigenvalue weighted by molar-refractivity contribution is -0.0701. The Kier molecular flexibility index (Phi) is 4.51. The molecule has 3 rings (SSSR count). The zero-order chi connectivity index (χ0) is 17.3. The molecule has 1 heterocycles. The summed E-state index contributed by atoms with van der Waals surface area (Å²) in [5.74, 6) is 2.20. The van der Waals surface area contributed by atoms with Crippen LogP contribution in [0.5, 0.6) is 23.0 Å². The number of hydrogen-bond acceptors (Lipinski definition) is 6. The van der Waals surface area contributed by atoms with Crippen LogP contribution in [0.3, 0.4) is 0 Å². The molecule has 0 saturated carbocycles. The van der Waals surface area contributed by atoms with E-state index in [9.17, 15) is 10.2 Å². The Hall–Kier alpha value is -2.44. The molecule has 0 fully saturated rings. The monoisotopic (exact) mass is 332 g/mol. The van der Waals surface area contributed by atoms with Crippen LogP contribution in [-0.4, -0.2) is 37.6 Å². The van der Waals surface area contributed by atoms with E-state index in [2.05, 4.69) is 0 Å². The van der Waals surface area contributed by atoms with E-state index in [1.165, 1.54) is 7.11 Å². The molecule has 6 heteroatoms. The van der Waals surface area contributed by atoms with E-state index in [0.29, 0.717) is 34.1 Å². The summed E-state index contributed by atoms with van der Waals surface area (Å²) in [7, 11) is 4.65. The van der Waals surface area contributed by atoms with Crippen molar-refractivity contribution in [3.05, 3.63) is 47.5 Å². The highest BCUT2D eigenvalue weighted by molar-refractivity contribution is 5.47. The van der Waals surface area contributed by atoms with E-state index in [1.807, 2.05) is 0 Å². The lowest BCUT2D eigenvalue weighted by Crippen LogP contribution is -2.34. The number of benzene rings is 2. The average molecular weight is 332 g/mol. The molecule has 0 saturated heterocycles. The molecule has 2 aromatic rings. The first-order valence-corrected chi connectivity index (χ1v) is 7.51. The van der Waals surface area contributed by atoms with Gasteiger partial charge in [-0.3, -0.25) is 0 Å². The Morgan fingerprint density at radius 1 is 0.875 bits per heavy atom. The first kappa shape index (κ1) is 16.4. The fraction of sp³-hybridized carbons (Fsp3) is 0.333. The van der Waals surface area contributed by atoms with Crippen molar-refractivity contribution in [2.75, 3.05) is 21.3 Å². The first-order chi connectivity index (χ1) is 11.6. The normalized spacial score (nSPS) is 22.3. The Bertz CT molecular complexity index is 729. The largest absolute Gasteiger partial charge is 0.497 e. The highest BCUT2D eigenvalue weighted by Crippen LogP contribution is 2.43. The zero-order valence-corrected chi connectivity index (χ0v) is 13.7. The van der Waals surface area contributed by atoms with Crippen molar-refractivity contribution in [2.45, 2.75) is 18.3 Å². The molecule has 6 nitrogen and oxygen atoms in total. The van der Waals surface area contributed by atoms with Crippen molar-refractivity contribution < 1.29 is 29.2 Å². The highest BCUT2D eigenvalue weighted by Gasteiger charge is 2.37. The number of fused-ring (bicyclic) bond motifs is 1. The predicted molar refractivity (Wildman–Crippen MR) is 86.9 cm³/mol. The molecule has 0 aromatic heterocycles. The maximum absolute atomic E-state index is 10.5. The number of hydrogen-bond donors (Lipinski definition) is 2. The smallest absolute Gasteiger partial charge is 0.161 e. The van der Waals surface area contributed by atoms with E-state index >= 15 is 0 Å². The zero-order valence-electron chi connectivity index (χ0n) is 13.7. The molecule has 0 amide bonds. The average Bonchev–Trinajstić information content (AvgIpc) is 2.63. The minimum atomic E-state index is -1.11. The first-order valence-electron chi connectivity index (χ1n) is 7.51. The molecule has 0 aliphatic carbocycles. The van der Waals surface area contributed by atoms with Crippen LogP contribution in [0.2, 0.25) is 0 Å². The second-order valence-electron chi connectivity index (χ2n) is 5.49. The second-order valence-corrected chi connectivity index (χ2v) is 5.49. The SMILES string of the molecule is COc1ccc2c(c1)O[C@H](c1ccc(OC)c(OC)c1)[C@@H](O)[C@@H]2O. The van der Waals surface area contributed by atoms with Gasteiger partial charge < -0.3 is 29.2 Å². The molecule has 2 N–H and O–H groups in total. The van der Waals surface area contributed by atoms with Gasteiger partial charge in [0.05, 0.1) is 21.3 Å². The van der Waals surface area contributed by atoms with Gasteiger partial charge in [0.1, 0.15) is 23.7 Å². The summed E-state index contributed by atoms with van der Waals surface area (Å²) >= 11 is 0. The van der Waals surface area contributed by atoms with Gasteiger partial charge in [-0.05, 0) is 29.8 Å². The molecular formula is C18H20O6. The maximum Gasteiger partial charge on any atom is 0.161 e. The number of methoxy groups -OCH3 is 3. The van der Waals surface area contributed by atoms with Crippen molar-refractivity contribution in [1.82, 2.24) is 0 Å². The van der Waals surface area contributed by atoms with Crippen molar-refractivity contribution in [3.63, 3.8) is 0 Å². The number of ether oxygens (including phenoxy) is 4. The molecule has 128 valence electrons. The Labute approximate surface area is 140 Å². The third kappa shape index (κ3) is 2.74. The fourth-order valence-corrected chi connectivity index (χ4v) is 2.84. The van der Waals surface area contributed by atoms with Gasteiger partial charge in [-0.2, -0.15) is 0 Å². The molecule has 0 unspecified atom stereocenters. The van der Waals surface area contributed by atoms with Gasteiger partial charge in [0, 0.05) is 11.6 Å². The van der Waals surface area contributed by atoms with Crippen LogP contribution < -0.4 is 18.9 Å². The molecule has 3 atom stereocenters.